The summed E-state index contributed by atoms with van der Waals surface area (Å²) in [5.41, 5.74) is 0.213. The smallest absolute Gasteiger partial charge is 0.370 e. The number of nitrogens with zero attached hydrogens (tertiary/aromatic N) is 3. The summed E-state index contributed by atoms with van der Waals surface area (Å²) in [6, 6.07) is 3.53. The maximum Gasteiger partial charge on any atom is 0.416 e. The molecule has 0 radical (unpaired) electrons. The molecule has 2 aliphatic heterocycles. The fourth-order valence-electron chi connectivity index (χ4n) is 4.52. The van der Waals surface area contributed by atoms with Crippen molar-refractivity contribution < 1.29 is 18.0 Å². The Balaban J connectivity index is 1.41. The lowest BCUT2D eigenvalue weighted by molar-refractivity contribution is -0.137. The highest BCUT2D eigenvalue weighted by Gasteiger charge is 2.32. The van der Waals surface area contributed by atoms with Crippen LogP contribution in [0.3, 0.4) is 0 Å². The molecule has 2 N–H and O–H groups in total. The standard InChI is InChI=1S/C25H30F3N5OS2/c1-2-3-10-29-24(35)33-13-8-17(9-14-33)23-31-20(16-36-23)22(34)30-19-15-18(25(26,27)28)6-7-21(19)32-11-4-5-12-32/h2-3,6-7,15-17H,4-5,8-14H2,1H3,(H,29,35)(H,30,34)/b3-2+. The van der Waals surface area contributed by atoms with Gasteiger partial charge < -0.3 is 20.4 Å². The van der Waals surface area contributed by atoms with Gasteiger partial charge in [0.25, 0.3) is 5.91 Å². The molecule has 194 valence electrons. The molecule has 36 heavy (non-hydrogen) atoms. The summed E-state index contributed by atoms with van der Waals surface area (Å²) in [5.74, 6) is -0.274. The third-order valence-corrected chi connectivity index (χ3v) is 7.92. The number of allylic oxidation sites excluding steroid dienone is 1. The fourth-order valence-corrected chi connectivity index (χ4v) is 5.75. The van der Waals surface area contributed by atoms with E-state index in [0.717, 1.165) is 74.1 Å². The van der Waals surface area contributed by atoms with E-state index in [1.807, 2.05) is 24.0 Å². The van der Waals surface area contributed by atoms with Crippen LogP contribution in [0.2, 0.25) is 0 Å². The Bertz CT molecular complexity index is 1100. The molecule has 1 aromatic carbocycles. The van der Waals surface area contributed by atoms with Crippen LogP contribution < -0.4 is 15.5 Å². The lowest BCUT2D eigenvalue weighted by Gasteiger charge is -2.33. The Kier molecular flexibility index (Phi) is 8.50. The molecule has 4 rings (SSSR count). The number of thiocarbonyl (C=S) groups is 1. The van der Waals surface area contributed by atoms with Gasteiger partial charge in [-0.2, -0.15) is 13.2 Å². The number of carbonyl (C=O) groups excluding carboxylic acids is 1. The van der Waals surface area contributed by atoms with Crippen molar-refractivity contribution in [2.75, 3.05) is 42.9 Å². The summed E-state index contributed by atoms with van der Waals surface area (Å²) in [4.78, 5) is 21.7. The highest BCUT2D eigenvalue weighted by atomic mass is 32.1. The van der Waals surface area contributed by atoms with Gasteiger partial charge in [-0.1, -0.05) is 12.2 Å². The van der Waals surface area contributed by atoms with Gasteiger partial charge in [-0.05, 0) is 63.0 Å². The number of amides is 1. The number of rotatable bonds is 6. The van der Waals surface area contributed by atoms with Crippen molar-refractivity contribution in [1.82, 2.24) is 15.2 Å². The molecule has 0 spiro atoms. The van der Waals surface area contributed by atoms with Gasteiger partial charge in [0.15, 0.2) is 5.11 Å². The Hall–Kier alpha value is -2.66. The first-order valence-electron chi connectivity index (χ1n) is 12.1. The minimum Gasteiger partial charge on any atom is -0.370 e. The Morgan fingerprint density at radius 3 is 2.61 bits per heavy atom. The molecular weight excluding hydrogens is 507 g/mol. The first-order valence-corrected chi connectivity index (χ1v) is 13.4. The minimum atomic E-state index is -4.49. The lowest BCUT2D eigenvalue weighted by Crippen LogP contribution is -2.43. The van der Waals surface area contributed by atoms with Crippen LogP contribution in [-0.2, 0) is 6.18 Å². The van der Waals surface area contributed by atoms with Crippen LogP contribution in [0.25, 0.3) is 0 Å². The molecule has 0 aliphatic carbocycles. The molecule has 3 heterocycles. The number of nitrogens with one attached hydrogen (secondary N) is 2. The summed E-state index contributed by atoms with van der Waals surface area (Å²) >= 11 is 6.89. The Morgan fingerprint density at radius 2 is 1.94 bits per heavy atom. The summed E-state index contributed by atoms with van der Waals surface area (Å²) < 4.78 is 40.0. The molecule has 1 aromatic heterocycles. The van der Waals surface area contributed by atoms with E-state index in [-0.39, 0.29) is 17.3 Å². The van der Waals surface area contributed by atoms with Crippen molar-refractivity contribution in [2.45, 2.75) is 44.7 Å². The van der Waals surface area contributed by atoms with Gasteiger partial charge in [0.2, 0.25) is 0 Å². The third-order valence-electron chi connectivity index (χ3n) is 6.51. The van der Waals surface area contributed by atoms with Gasteiger partial charge in [-0.15, -0.1) is 11.3 Å². The number of hydrogen-bond acceptors (Lipinski definition) is 5. The molecule has 2 aromatic rings. The van der Waals surface area contributed by atoms with E-state index in [9.17, 15) is 18.0 Å². The van der Waals surface area contributed by atoms with Crippen molar-refractivity contribution in [3.63, 3.8) is 0 Å². The number of carbonyl (C=O) groups is 1. The number of benzene rings is 1. The van der Waals surface area contributed by atoms with Gasteiger partial charge in [-0.3, -0.25) is 4.79 Å². The zero-order valence-electron chi connectivity index (χ0n) is 20.1. The summed E-state index contributed by atoms with van der Waals surface area (Å²) in [6.45, 7) is 5.77. The number of aromatic nitrogens is 1. The molecule has 2 aliphatic rings. The van der Waals surface area contributed by atoms with Gasteiger partial charge >= 0.3 is 6.18 Å². The number of anilines is 2. The molecular formula is C25H30F3N5OS2. The molecule has 1 amide bonds. The van der Waals surface area contributed by atoms with Crippen LogP contribution >= 0.6 is 23.6 Å². The van der Waals surface area contributed by atoms with E-state index >= 15 is 0 Å². The molecule has 2 fully saturated rings. The van der Waals surface area contributed by atoms with Crippen LogP contribution in [0.5, 0.6) is 0 Å². The normalized spacial score (nSPS) is 17.1. The average Bonchev–Trinajstić information content (AvgIpc) is 3.56. The van der Waals surface area contributed by atoms with E-state index in [0.29, 0.717) is 12.2 Å². The second-order valence-corrected chi connectivity index (χ2v) is 10.2. The Labute approximate surface area is 218 Å². The number of alkyl halides is 3. The number of hydrogen-bond donors (Lipinski definition) is 2. The molecule has 0 saturated carbocycles. The van der Waals surface area contributed by atoms with Gasteiger partial charge in [0.1, 0.15) is 5.69 Å². The van der Waals surface area contributed by atoms with Gasteiger partial charge in [0, 0.05) is 44.0 Å². The highest BCUT2D eigenvalue weighted by molar-refractivity contribution is 7.80. The molecule has 0 atom stereocenters. The summed E-state index contributed by atoms with van der Waals surface area (Å²) in [5, 5.41) is 9.21. The third kappa shape index (κ3) is 6.36. The molecule has 6 nitrogen and oxygen atoms in total. The van der Waals surface area contributed by atoms with Crippen molar-refractivity contribution in [1.29, 1.82) is 0 Å². The second kappa shape index (κ2) is 11.6. The topological polar surface area (TPSA) is 60.5 Å². The summed E-state index contributed by atoms with van der Waals surface area (Å²) in [6.07, 6.45) is 3.17. The number of piperidine rings is 1. The maximum absolute atomic E-state index is 13.3. The van der Waals surface area contributed by atoms with Crippen LogP contribution in [0.1, 0.15) is 59.6 Å². The average molecular weight is 538 g/mol. The molecule has 2 saturated heterocycles. The van der Waals surface area contributed by atoms with Crippen LogP contribution in [0.4, 0.5) is 24.5 Å². The SMILES string of the molecule is C/C=C/CNC(=S)N1CCC(c2nc(C(=O)Nc3cc(C(F)(F)F)ccc3N3CCCC3)cs2)CC1. The predicted molar refractivity (Wildman–Crippen MR) is 142 cm³/mol. The van der Waals surface area contributed by atoms with Crippen LogP contribution in [0, 0.1) is 0 Å². The van der Waals surface area contributed by atoms with Gasteiger partial charge in [-0.25, -0.2) is 4.98 Å². The molecule has 0 unspecified atom stereocenters. The van der Waals surface area contributed by atoms with E-state index in [1.54, 1.807) is 5.38 Å². The van der Waals surface area contributed by atoms with E-state index < -0.39 is 17.6 Å². The number of halogens is 3. The number of likely N-dealkylation sites (tertiary alicyclic amines) is 1. The van der Waals surface area contributed by atoms with E-state index in [4.69, 9.17) is 12.2 Å². The van der Waals surface area contributed by atoms with Crippen molar-refractivity contribution in [2.24, 2.45) is 0 Å². The van der Waals surface area contributed by atoms with Crippen molar-refractivity contribution in [3.05, 3.63) is 52.0 Å². The van der Waals surface area contributed by atoms with E-state index in [2.05, 4.69) is 20.5 Å². The first kappa shape index (κ1) is 26.4. The van der Waals surface area contributed by atoms with Crippen LogP contribution in [-0.4, -0.2) is 53.6 Å². The second-order valence-electron chi connectivity index (χ2n) is 8.97. The van der Waals surface area contributed by atoms with Crippen LogP contribution in [0.15, 0.2) is 35.7 Å². The monoisotopic (exact) mass is 537 g/mol. The highest BCUT2D eigenvalue weighted by Crippen LogP contribution is 2.37. The zero-order chi connectivity index (χ0) is 25.7. The summed E-state index contributed by atoms with van der Waals surface area (Å²) in [7, 11) is 0. The van der Waals surface area contributed by atoms with E-state index in [1.165, 1.54) is 17.4 Å². The van der Waals surface area contributed by atoms with Gasteiger partial charge in [0.05, 0.1) is 21.9 Å². The fraction of sp³-hybridized carbons (Fsp3) is 0.480. The van der Waals surface area contributed by atoms with Crippen molar-refractivity contribution >= 4 is 45.9 Å². The maximum atomic E-state index is 13.3. The largest absolute Gasteiger partial charge is 0.416 e. The lowest BCUT2D eigenvalue weighted by atomic mass is 9.98. The molecule has 0 bridgehead atoms. The number of thiazole rings is 1. The first-order chi connectivity index (χ1) is 17.3. The Morgan fingerprint density at radius 1 is 1.22 bits per heavy atom. The molecule has 11 heteroatoms. The predicted octanol–water partition coefficient (Wildman–Crippen LogP) is 5.64. The zero-order valence-corrected chi connectivity index (χ0v) is 21.7. The minimum absolute atomic E-state index is 0.165. The van der Waals surface area contributed by atoms with Crippen molar-refractivity contribution in [3.8, 4) is 0 Å². The quantitative estimate of drug-likeness (QED) is 0.367.